The minimum Gasteiger partial charge on any atom is -0.334 e. The molecule has 0 bridgehead atoms. The average molecular weight is 325 g/mol. The molecular weight excluding hydrogens is 320 g/mol. The molecule has 3 nitrogen and oxygen atoms in total. The molecule has 0 radical (unpaired) electrons. The first-order valence-corrected chi connectivity index (χ1v) is 5.80. The molecule has 0 saturated carbocycles. The Morgan fingerprint density at radius 2 is 2.00 bits per heavy atom. The highest BCUT2D eigenvalue weighted by Crippen LogP contribution is 2.35. The molecule has 2 rings (SSSR count). The van der Waals surface area contributed by atoms with Crippen molar-refractivity contribution in [1.82, 2.24) is 10.1 Å². The van der Waals surface area contributed by atoms with Crippen molar-refractivity contribution < 1.29 is 22.1 Å². The molecule has 0 atom stereocenters. The van der Waals surface area contributed by atoms with Crippen molar-refractivity contribution in [3.63, 3.8) is 0 Å². The maximum atomic E-state index is 13.7. The predicted molar refractivity (Wildman–Crippen MR) is 57.3 cm³/mol. The highest BCUT2D eigenvalue weighted by Gasteiger charge is 2.35. The molecule has 0 N–H and O–H groups in total. The van der Waals surface area contributed by atoms with Gasteiger partial charge < -0.3 is 4.52 Å². The van der Waals surface area contributed by atoms with Gasteiger partial charge in [-0.15, -0.1) is 0 Å². The summed E-state index contributed by atoms with van der Waals surface area (Å²) in [5.41, 5.74) is -1.73. The average Bonchev–Trinajstić information content (AvgIpc) is 2.76. The summed E-state index contributed by atoms with van der Waals surface area (Å²) in [7, 11) is 0. The summed E-state index contributed by atoms with van der Waals surface area (Å²) in [5, 5.41) is 3.72. The summed E-state index contributed by atoms with van der Waals surface area (Å²) in [6.07, 6.45) is -4.77. The number of benzene rings is 1. The molecule has 2 aromatic rings. The number of aromatic nitrogens is 2. The molecular formula is C10H5BrF4N2O. The van der Waals surface area contributed by atoms with Crippen molar-refractivity contribution in [2.75, 3.05) is 0 Å². The summed E-state index contributed by atoms with van der Waals surface area (Å²) in [6.45, 7) is 0. The summed E-state index contributed by atoms with van der Waals surface area (Å²) in [6, 6.07) is 2.88. The molecule has 8 heteroatoms. The van der Waals surface area contributed by atoms with Crippen molar-refractivity contribution in [2.45, 2.75) is 11.5 Å². The molecule has 0 fully saturated rings. The van der Waals surface area contributed by atoms with Gasteiger partial charge in [0.1, 0.15) is 5.82 Å². The Bertz CT molecular complexity index is 567. The van der Waals surface area contributed by atoms with Crippen molar-refractivity contribution in [1.29, 1.82) is 0 Å². The number of hydrogen-bond donors (Lipinski definition) is 0. The van der Waals surface area contributed by atoms with E-state index in [1.54, 1.807) is 0 Å². The Morgan fingerprint density at radius 3 is 2.56 bits per heavy atom. The molecule has 0 amide bonds. The quantitative estimate of drug-likeness (QED) is 0.623. The highest BCUT2D eigenvalue weighted by molar-refractivity contribution is 9.08. The van der Waals surface area contributed by atoms with E-state index in [2.05, 4.69) is 26.1 Å². The monoisotopic (exact) mass is 324 g/mol. The topological polar surface area (TPSA) is 38.9 Å². The summed E-state index contributed by atoms with van der Waals surface area (Å²) < 4.78 is 55.9. The number of alkyl halides is 4. The van der Waals surface area contributed by atoms with Crippen LogP contribution in [0, 0.1) is 5.82 Å². The maximum Gasteiger partial charge on any atom is 0.419 e. The number of halogens is 5. The molecule has 0 spiro atoms. The smallest absolute Gasteiger partial charge is 0.334 e. The van der Waals surface area contributed by atoms with Crippen LogP contribution in [-0.2, 0) is 11.5 Å². The summed E-state index contributed by atoms with van der Waals surface area (Å²) in [4.78, 5) is 3.75. The molecule has 0 unspecified atom stereocenters. The summed E-state index contributed by atoms with van der Waals surface area (Å²) >= 11 is 3.05. The molecule has 0 aliphatic heterocycles. The normalized spacial score (nSPS) is 11.8. The van der Waals surface area contributed by atoms with Gasteiger partial charge in [0.2, 0.25) is 0 Å². The van der Waals surface area contributed by atoms with E-state index in [-0.39, 0.29) is 22.6 Å². The fourth-order valence-corrected chi connectivity index (χ4v) is 1.56. The third kappa shape index (κ3) is 2.38. The molecule has 18 heavy (non-hydrogen) atoms. The summed E-state index contributed by atoms with van der Waals surface area (Å²) in [5.74, 6) is -1.48. The zero-order valence-corrected chi connectivity index (χ0v) is 10.2. The van der Waals surface area contributed by atoms with E-state index in [1.807, 2.05) is 0 Å². The first-order chi connectivity index (χ1) is 8.43. The van der Waals surface area contributed by atoms with Gasteiger partial charge in [0.05, 0.1) is 16.5 Å². The van der Waals surface area contributed by atoms with Crippen LogP contribution in [0.1, 0.15) is 11.4 Å². The molecule has 96 valence electrons. The van der Waals surface area contributed by atoms with Crippen LogP contribution in [-0.4, -0.2) is 10.1 Å². The molecule has 1 heterocycles. The van der Waals surface area contributed by atoms with Crippen molar-refractivity contribution in [2.24, 2.45) is 0 Å². The van der Waals surface area contributed by atoms with E-state index in [4.69, 9.17) is 4.52 Å². The van der Waals surface area contributed by atoms with Crippen LogP contribution in [0.2, 0.25) is 0 Å². The first kappa shape index (κ1) is 13.0. The zero-order chi connectivity index (χ0) is 13.3. The van der Waals surface area contributed by atoms with Crippen molar-refractivity contribution in [3.8, 4) is 11.5 Å². The standard InChI is InChI=1S/C10H5BrF4N2O/c11-4-7-16-9(18-17-7)5-2-1-3-6(8(5)12)10(13,14)15/h1-3H,4H2. The van der Waals surface area contributed by atoms with Gasteiger partial charge in [-0.25, -0.2) is 4.39 Å². The third-order valence-corrected chi connectivity index (χ3v) is 2.62. The van der Waals surface area contributed by atoms with Crippen LogP contribution in [0.25, 0.3) is 11.5 Å². The van der Waals surface area contributed by atoms with Gasteiger partial charge in [-0.3, -0.25) is 0 Å². The predicted octanol–water partition coefficient (Wildman–Crippen LogP) is 3.79. The van der Waals surface area contributed by atoms with Crippen LogP contribution in [0.3, 0.4) is 0 Å². The van der Waals surface area contributed by atoms with Crippen LogP contribution >= 0.6 is 15.9 Å². The minimum absolute atomic E-state index is 0.224. The lowest BCUT2D eigenvalue weighted by Crippen LogP contribution is -2.08. The third-order valence-electron chi connectivity index (χ3n) is 2.12. The Hall–Kier alpha value is -1.44. The van der Waals surface area contributed by atoms with Gasteiger partial charge in [-0.05, 0) is 12.1 Å². The van der Waals surface area contributed by atoms with E-state index in [9.17, 15) is 17.6 Å². The SMILES string of the molecule is Fc1c(-c2nc(CBr)no2)cccc1C(F)(F)F. The van der Waals surface area contributed by atoms with Gasteiger partial charge >= 0.3 is 6.18 Å². The van der Waals surface area contributed by atoms with Crippen LogP contribution in [0.15, 0.2) is 22.7 Å². The van der Waals surface area contributed by atoms with E-state index < -0.39 is 17.6 Å². The van der Waals surface area contributed by atoms with Crippen molar-refractivity contribution in [3.05, 3.63) is 35.4 Å². The van der Waals surface area contributed by atoms with E-state index in [1.165, 1.54) is 0 Å². The number of nitrogens with zero attached hydrogens (tertiary/aromatic N) is 2. The molecule has 0 aliphatic rings. The van der Waals surface area contributed by atoms with Crippen molar-refractivity contribution >= 4 is 15.9 Å². The second-order valence-corrected chi connectivity index (χ2v) is 3.87. The lowest BCUT2D eigenvalue weighted by atomic mass is 10.1. The Kier molecular flexibility index (Phi) is 3.38. The molecule has 1 aromatic heterocycles. The lowest BCUT2D eigenvalue weighted by Gasteiger charge is -2.08. The Balaban J connectivity index is 2.52. The van der Waals surface area contributed by atoms with Crippen LogP contribution in [0.5, 0.6) is 0 Å². The van der Waals surface area contributed by atoms with Gasteiger partial charge in [-0.1, -0.05) is 27.2 Å². The molecule has 1 aromatic carbocycles. The largest absolute Gasteiger partial charge is 0.419 e. The second-order valence-electron chi connectivity index (χ2n) is 3.31. The molecule has 0 saturated heterocycles. The van der Waals surface area contributed by atoms with E-state index in [0.29, 0.717) is 6.07 Å². The van der Waals surface area contributed by atoms with E-state index in [0.717, 1.165) is 12.1 Å². The maximum absolute atomic E-state index is 13.7. The van der Waals surface area contributed by atoms with E-state index >= 15 is 0 Å². The Labute approximate surface area is 107 Å². The highest BCUT2D eigenvalue weighted by atomic mass is 79.9. The number of rotatable bonds is 2. The van der Waals surface area contributed by atoms with Gasteiger partial charge in [0.25, 0.3) is 5.89 Å². The van der Waals surface area contributed by atoms with Crippen LogP contribution < -0.4 is 0 Å². The zero-order valence-electron chi connectivity index (χ0n) is 8.63. The lowest BCUT2D eigenvalue weighted by molar-refractivity contribution is -0.139. The minimum atomic E-state index is -4.77. The fourth-order valence-electron chi connectivity index (χ4n) is 1.33. The first-order valence-electron chi connectivity index (χ1n) is 4.68. The number of hydrogen-bond acceptors (Lipinski definition) is 3. The van der Waals surface area contributed by atoms with Crippen LogP contribution in [0.4, 0.5) is 17.6 Å². The van der Waals surface area contributed by atoms with Gasteiger partial charge in [0.15, 0.2) is 5.82 Å². The second kappa shape index (κ2) is 4.68. The fraction of sp³-hybridized carbons (Fsp3) is 0.200. The van der Waals surface area contributed by atoms with Gasteiger partial charge in [0, 0.05) is 0 Å². The van der Waals surface area contributed by atoms with Gasteiger partial charge in [-0.2, -0.15) is 18.2 Å². The molecule has 0 aliphatic carbocycles. The Morgan fingerprint density at radius 1 is 1.28 bits per heavy atom.